The van der Waals surface area contributed by atoms with Gasteiger partial charge in [-0.1, -0.05) is 18.2 Å². The second kappa shape index (κ2) is 10.7. The van der Waals surface area contributed by atoms with Crippen LogP contribution in [-0.2, 0) is 15.0 Å². The summed E-state index contributed by atoms with van der Waals surface area (Å²) in [5.41, 5.74) is 5.01. The number of amides is 2. The first-order valence-corrected chi connectivity index (χ1v) is 15.4. The van der Waals surface area contributed by atoms with Gasteiger partial charge < -0.3 is 10.2 Å². The Balaban J connectivity index is 1.40. The molecule has 0 radical (unpaired) electrons. The molecule has 2 unspecified atom stereocenters. The molecule has 1 spiro atoms. The number of halogens is 2. The van der Waals surface area contributed by atoms with Crippen LogP contribution in [0.1, 0.15) is 100 Å². The molecule has 1 N–H and O–H groups in total. The van der Waals surface area contributed by atoms with Gasteiger partial charge in [-0.05, 0) is 107 Å². The van der Waals surface area contributed by atoms with Crippen molar-refractivity contribution in [2.75, 3.05) is 26.2 Å². The zero-order valence-electron chi connectivity index (χ0n) is 26.5. The fourth-order valence-corrected chi connectivity index (χ4v) is 7.96. The normalized spacial score (nSPS) is 24.2. The average Bonchev–Trinajstić information content (AvgIpc) is 3.45. The van der Waals surface area contributed by atoms with E-state index in [2.05, 4.69) is 70.8 Å². The van der Waals surface area contributed by atoms with E-state index in [1.165, 1.54) is 34.4 Å². The Bertz CT molecular complexity index is 1390. The molecule has 42 heavy (non-hydrogen) atoms. The molecule has 2 aromatic rings. The molecule has 2 heterocycles. The van der Waals surface area contributed by atoms with Crippen LogP contribution in [0.2, 0.25) is 0 Å². The summed E-state index contributed by atoms with van der Waals surface area (Å²) in [4.78, 5) is 30.5. The third kappa shape index (κ3) is 5.49. The van der Waals surface area contributed by atoms with E-state index in [9.17, 15) is 14.0 Å². The number of likely N-dealkylation sites (tertiary alicyclic amines) is 2. The summed E-state index contributed by atoms with van der Waals surface area (Å²) in [5.74, 6) is -1.67. The van der Waals surface area contributed by atoms with Gasteiger partial charge in [0.05, 0.1) is 5.92 Å². The number of fused-ring (bicyclic) bond motifs is 2. The second-order valence-electron chi connectivity index (χ2n) is 14.7. The molecule has 2 aromatic carbocycles. The van der Waals surface area contributed by atoms with E-state index in [1.54, 1.807) is 6.92 Å². The van der Waals surface area contributed by atoms with Gasteiger partial charge >= 0.3 is 0 Å². The highest BCUT2D eigenvalue weighted by atomic mass is 19.1. The van der Waals surface area contributed by atoms with E-state index in [4.69, 9.17) is 0 Å². The first kappa shape index (κ1) is 30.7. The topological polar surface area (TPSA) is 52.7 Å². The molecular weight excluding hydrogens is 532 g/mol. The van der Waals surface area contributed by atoms with E-state index in [1.807, 2.05) is 4.90 Å². The average molecular weight is 580 g/mol. The lowest BCUT2D eigenvalue weighted by Crippen LogP contribution is -2.49. The molecule has 1 aliphatic carbocycles. The van der Waals surface area contributed by atoms with Crippen LogP contribution in [0.5, 0.6) is 0 Å². The zero-order chi connectivity index (χ0) is 30.8. The minimum Gasteiger partial charge on any atom is -0.351 e. The van der Waals surface area contributed by atoms with E-state index in [-0.39, 0.29) is 40.5 Å². The molecule has 7 heteroatoms. The number of hydrogen-bond donors (Lipinski definition) is 1. The first-order chi connectivity index (χ1) is 19.5. The predicted octanol–water partition coefficient (Wildman–Crippen LogP) is 6.36. The van der Waals surface area contributed by atoms with Crippen molar-refractivity contribution in [1.29, 1.82) is 0 Å². The van der Waals surface area contributed by atoms with Crippen molar-refractivity contribution in [2.24, 2.45) is 5.92 Å². The van der Waals surface area contributed by atoms with E-state index >= 15 is 4.39 Å². The number of nitrogens with zero attached hydrogens (tertiary/aromatic N) is 2. The number of rotatable bonds is 4. The van der Waals surface area contributed by atoms with Gasteiger partial charge in [0.25, 0.3) is 0 Å². The van der Waals surface area contributed by atoms with Gasteiger partial charge in [0, 0.05) is 62.1 Å². The van der Waals surface area contributed by atoms with Crippen molar-refractivity contribution in [3.8, 4) is 0 Å². The quantitative estimate of drug-likeness (QED) is 0.459. The summed E-state index contributed by atoms with van der Waals surface area (Å²) in [6.07, 6.45) is 2.64. The summed E-state index contributed by atoms with van der Waals surface area (Å²) in [6, 6.07) is 8.40. The molecule has 0 bridgehead atoms. The highest BCUT2D eigenvalue weighted by Gasteiger charge is 2.51. The van der Waals surface area contributed by atoms with Gasteiger partial charge in [-0.25, -0.2) is 8.78 Å². The molecule has 3 atom stereocenters. The smallest absolute Gasteiger partial charge is 0.227 e. The van der Waals surface area contributed by atoms with Crippen LogP contribution in [-0.4, -0.2) is 58.9 Å². The second-order valence-corrected chi connectivity index (χ2v) is 14.7. The number of hydrogen-bond acceptors (Lipinski definition) is 3. The van der Waals surface area contributed by atoms with Crippen molar-refractivity contribution in [1.82, 2.24) is 15.1 Å². The highest BCUT2D eigenvalue weighted by Crippen LogP contribution is 2.55. The molecular formula is C35H47F2N3O2. The Labute approximate surface area is 250 Å². The van der Waals surface area contributed by atoms with Crippen LogP contribution in [0, 0.1) is 31.4 Å². The van der Waals surface area contributed by atoms with Gasteiger partial charge in [0.1, 0.15) is 11.6 Å². The van der Waals surface area contributed by atoms with Crippen molar-refractivity contribution >= 4 is 11.8 Å². The summed E-state index contributed by atoms with van der Waals surface area (Å²) in [6.45, 7) is 18.9. The van der Waals surface area contributed by atoms with E-state index in [0.29, 0.717) is 31.7 Å². The fourth-order valence-electron chi connectivity index (χ4n) is 7.96. The molecule has 2 aliphatic heterocycles. The molecule has 2 fully saturated rings. The largest absolute Gasteiger partial charge is 0.351 e. The zero-order valence-corrected chi connectivity index (χ0v) is 26.5. The van der Waals surface area contributed by atoms with Crippen LogP contribution in [0.15, 0.2) is 30.3 Å². The molecule has 2 amide bonds. The Kier molecular flexibility index (Phi) is 7.83. The number of nitrogens with one attached hydrogen (secondary N) is 1. The van der Waals surface area contributed by atoms with Crippen molar-refractivity contribution < 1.29 is 18.4 Å². The van der Waals surface area contributed by atoms with Crippen LogP contribution >= 0.6 is 0 Å². The first-order valence-electron chi connectivity index (χ1n) is 15.4. The molecule has 0 saturated carbocycles. The van der Waals surface area contributed by atoms with Gasteiger partial charge in [0.2, 0.25) is 11.8 Å². The Morgan fingerprint density at radius 1 is 0.929 bits per heavy atom. The monoisotopic (exact) mass is 579 g/mol. The standard InChI is InChI=1S/C35H47F2N3O2/c1-21-15-26-29(16-22(21)2)35(18-30(26)34(7,8)38-23(3)41)11-13-39(14-12-35)32(42)28-20-40(33(4,5)6)19-27(28)25-10-9-24(36)17-31(25)37/h9-10,15-17,27-28,30H,11-14,18-20H2,1-8H3,(H,38,41)/t27-,28?,30?/m0/s1. The van der Waals surface area contributed by atoms with Crippen molar-refractivity contribution in [2.45, 2.75) is 103 Å². The summed E-state index contributed by atoms with van der Waals surface area (Å²) in [7, 11) is 0. The lowest BCUT2D eigenvalue weighted by Gasteiger charge is -2.42. The SMILES string of the molecule is CC(=O)NC(C)(C)C1CC2(CCN(C(=O)C3CN(C(C)(C)C)C[C@H]3c3ccc(F)cc3F)CC2)c2cc(C)c(C)cc21. The Morgan fingerprint density at radius 2 is 1.57 bits per heavy atom. The van der Waals surface area contributed by atoms with Crippen LogP contribution < -0.4 is 5.32 Å². The minimum atomic E-state index is -0.603. The van der Waals surface area contributed by atoms with Gasteiger partial charge in [-0.3, -0.25) is 14.5 Å². The number of carbonyl (C=O) groups excluding carboxylic acids is 2. The maximum absolute atomic E-state index is 15.0. The van der Waals surface area contributed by atoms with Gasteiger partial charge in [-0.15, -0.1) is 0 Å². The third-order valence-electron chi connectivity index (χ3n) is 10.6. The fraction of sp³-hybridized carbons (Fsp3) is 0.600. The van der Waals surface area contributed by atoms with Crippen molar-refractivity contribution in [3.05, 3.63) is 69.8 Å². The van der Waals surface area contributed by atoms with Crippen molar-refractivity contribution in [3.63, 3.8) is 0 Å². The molecule has 228 valence electrons. The van der Waals surface area contributed by atoms with Crippen LogP contribution in [0.3, 0.4) is 0 Å². The highest BCUT2D eigenvalue weighted by molar-refractivity contribution is 5.81. The lowest BCUT2D eigenvalue weighted by atomic mass is 9.71. The number of benzene rings is 2. The van der Waals surface area contributed by atoms with Gasteiger partial charge in [0.15, 0.2) is 0 Å². The molecule has 2 saturated heterocycles. The molecule has 5 nitrogen and oxygen atoms in total. The molecule has 5 rings (SSSR count). The third-order valence-corrected chi connectivity index (χ3v) is 10.6. The number of carbonyl (C=O) groups is 2. The van der Waals surface area contributed by atoms with Crippen LogP contribution in [0.25, 0.3) is 0 Å². The molecule has 0 aromatic heterocycles. The summed E-state index contributed by atoms with van der Waals surface area (Å²) >= 11 is 0. The maximum Gasteiger partial charge on any atom is 0.227 e. The lowest BCUT2D eigenvalue weighted by molar-refractivity contribution is -0.137. The molecule has 3 aliphatic rings. The summed E-state index contributed by atoms with van der Waals surface area (Å²) in [5, 5.41) is 3.20. The predicted molar refractivity (Wildman–Crippen MR) is 163 cm³/mol. The minimum absolute atomic E-state index is 0.0280. The van der Waals surface area contributed by atoms with E-state index in [0.717, 1.165) is 25.3 Å². The number of aryl methyl sites for hydroxylation is 2. The van der Waals surface area contributed by atoms with Crippen LogP contribution in [0.4, 0.5) is 8.78 Å². The van der Waals surface area contributed by atoms with Gasteiger partial charge in [-0.2, -0.15) is 0 Å². The Morgan fingerprint density at radius 3 is 2.17 bits per heavy atom. The number of piperidine rings is 1. The summed E-state index contributed by atoms with van der Waals surface area (Å²) < 4.78 is 28.8. The van der Waals surface area contributed by atoms with E-state index < -0.39 is 17.2 Å². The maximum atomic E-state index is 15.0. The Hall–Kier alpha value is -2.80.